The summed E-state index contributed by atoms with van der Waals surface area (Å²) in [6, 6.07) is 0. The molecule has 1 aromatic rings. The highest BCUT2D eigenvalue weighted by Crippen LogP contribution is 2.16. The smallest absolute Gasteiger partial charge is 0.245 e. The van der Waals surface area contributed by atoms with Crippen molar-refractivity contribution in [2.24, 2.45) is 7.05 Å². The van der Waals surface area contributed by atoms with E-state index in [1.165, 1.54) is 153 Å². The molecule has 1 N–H and O–H groups in total. The Labute approximate surface area is 196 Å². The summed E-state index contributed by atoms with van der Waals surface area (Å²) in [6.07, 6.45) is 30.9. The predicted molar refractivity (Wildman–Crippen MR) is 138 cm³/mol. The molecule has 1 heterocycles. The van der Waals surface area contributed by atoms with E-state index in [-0.39, 0.29) is 0 Å². The second-order valence-electron chi connectivity index (χ2n) is 10.1. The van der Waals surface area contributed by atoms with Crippen molar-refractivity contribution in [1.29, 1.82) is 0 Å². The maximum atomic E-state index is 3.69. The van der Waals surface area contributed by atoms with Gasteiger partial charge >= 0.3 is 0 Å². The van der Waals surface area contributed by atoms with E-state index < -0.39 is 0 Å². The van der Waals surface area contributed by atoms with E-state index in [9.17, 15) is 0 Å². The lowest BCUT2D eigenvalue weighted by Crippen LogP contribution is -2.34. The van der Waals surface area contributed by atoms with E-state index in [0.29, 0.717) is 0 Å². The molecule has 0 aliphatic heterocycles. The molecule has 2 heteroatoms. The van der Waals surface area contributed by atoms with Crippen LogP contribution in [0.2, 0.25) is 0 Å². The van der Waals surface area contributed by atoms with Crippen molar-refractivity contribution in [3.05, 3.63) is 17.2 Å². The Morgan fingerprint density at radius 3 is 1.29 bits per heavy atom. The second kappa shape index (κ2) is 19.9. The van der Waals surface area contributed by atoms with Crippen LogP contribution >= 0.6 is 0 Å². The molecule has 1 rings (SSSR count). The third kappa shape index (κ3) is 14.1. The van der Waals surface area contributed by atoms with Crippen molar-refractivity contribution in [2.75, 3.05) is 0 Å². The molecule has 182 valence electrons. The summed E-state index contributed by atoms with van der Waals surface area (Å²) in [7, 11) is 2.25. The van der Waals surface area contributed by atoms with Crippen LogP contribution in [-0.4, -0.2) is 4.98 Å². The minimum Gasteiger partial charge on any atom is -0.245 e. The van der Waals surface area contributed by atoms with E-state index >= 15 is 0 Å². The summed E-state index contributed by atoms with van der Waals surface area (Å²) < 4.78 is 2.42. The normalized spacial score (nSPS) is 11.5. The fourth-order valence-corrected chi connectivity index (χ4v) is 4.87. The van der Waals surface area contributed by atoms with Gasteiger partial charge in [-0.1, -0.05) is 129 Å². The van der Waals surface area contributed by atoms with Gasteiger partial charge in [0.2, 0.25) is 0 Å². The Bertz CT molecular complexity index is 517. The molecule has 31 heavy (non-hydrogen) atoms. The summed E-state index contributed by atoms with van der Waals surface area (Å²) in [5.74, 6) is 1.32. The lowest BCUT2D eigenvalue weighted by molar-refractivity contribution is -0.683. The summed E-state index contributed by atoms with van der Waals surface area (Å²) >= 11 is 0. The van der Waals surface area contributed by atoms with Gasteiger partial charge in [0.05, 0.1) is 7.05 Å². The third-order valence-corrected chi connectivity index (χ3v) is 7.14. The molecule has 0 bridgehead atoms. The molecule has 0 saturated heterocycles. The topological polar surface area (TPSA) is 19.7 Å². The Kier molecular flexibility index (Phi) is 18.1. The molecule has 0 amide bonds. The SMILES string of the molecule is CCCCCCCCCCCCc1[nH]c(C)[n+](C)c1CCCCCCCCCCCC. The molecular weight excluding hydrogens is 376 g/mol. The van der Waals surface area contributed by atoms with Crippen molar-refractivity contribution in [3.8, 4) is 0 Å². The first-order valence-electron chi connectivity index (χ1n) is 14.3. The summed E-state index contributed by atoms with van der Waals surface area (Å²) in [5.41, 5.74) is 3.10. The molecule has 1 aromatic heterocycles. The Balaban J connectivity index is 2.11. The molecular formula is C29H57N2+. The fourth-order valence-electron chi connectivity index (χ4n) is 4.87. The van der Waals surface area contributed by atoms with Crippen LogP contribution in [0.4, 0.5) is 0 Å². The molecule has 0 fully saturated rings. The number of imidazole rings is 1. The zero-order chi connectivity index (χ0) is 22.6. The maximum absolute atomic E-state index is 3.69. The number of nitrogens with zero attached hydrogens (tertiary/aromatic N) is 1. The largest absolute Gasteiger partial charge is 0.251 e. The molecule has 2 nitrogen and oxygen atoms in total. The Morgan fingerprint density at radius 2 is 0.871 bits per heavy atom. The number of aromatic nitrogens is 2. The molecule has 0 aromatic carbocycles. The number of unbranched alkanes of at least 4 members (excludes halogenated alkanes) is 18. The first-order chi connectivity index (χ1) is 15.2. The van der Waals surface area contributed by atoms with Crippen molar-refractivity contribution < 1.29 is 4.57 Å². The number of nitrogens with one attached hydrogen (secondary N) is 1. The van der Waals surface area contributed by atoms with Crippen molar-refractivity contribution in [1.82, 2.24) is 4.98 Å². The number of rotatable bonds is 22. The summed E-state index contributed by atoms with van der Waals surface area (Å²) in [4.78, 5) is 3.69. The number of aromatic amines is 1. The van der Waals surface area contributed by atoms with Gasteiger partial charge in [-0.25, -0.2) is 9.55 Å². The van der Waals surface area contributed by atoms with Crippen molar-refractivity contribution >= 4 is 0 Å². The van der Waals surface area contributed by atoms with Crippen LogP contribution in [0.15, 0.2) is 0 Å². The monoisotopic (exact) mass is 433 g/mol. The average molecular weight is 434 g/mol. The zero-order valence-electron chi connectivity index (χ0n) is 22.0. The molecule has 0 saturated carbocycles. The second-order valence-corrected chi connectivity index (χ2v) is 10.1. The standard InChI is InChI=1S/C29H56N2/c1-5-7-9-11-13-15-17-19-21-23-25-28-29(31(4)27(3)30-28)26-24-22-20-18-16-14-12-10-8-6-2/h5-26H2,1-4H3/p+1. The molecule has 0 unspecified atom stereocenters. The lowest BCUT2D eigenvalue weighted by atomic mass is 10.0. The minimum atomic E-state index is 1.24. The Morgan fingerprint density at radius 1 is 0.516 bits per heavy atom. The first kappa shape index (κ1) is 28.2. The van der Waals surface area contributed by atoms with Gasteiger partial charge < -0.3 is 0 Å². The highest BCUT2D eigenvalue weighted by atomic mass is 15.1. The quantitative estimate of drug-likeness (QED) is 0.139. The van der Waals surface area contributed by atoms with Crippen LogP contribution in [0.3, 0.4) is 0 Å². The van der Waals surface area contributed by atoms with Gasteiger partial charge in [0.15, 0.2) is 0 Å². The third-order valence-electron chi connectivity index (χ3n) is 7.14. The zero-order valence-corrected chi connectivity index (χ0v) is 22.0. The van der Waals surface area contributed by atoms with E-state index in [2.05, 4.69) is 37.4 Å². The molecule has 0 aliphatic rings. The summed E-state index contributed by atoms with van der Waals surface area (Å²) in [5, 5.41) is 0. The molecule has 0 aliphatic carbocycles. The molecule has 0 atom stereocenters. The summed E-state index contributed by atoms with van der Waals surface area (Å²) in [6.45, 7) is 6.83. The number of hydrogen-bond acceptors (Lipinski definition) is 0. The highest BCUT2D eigenvalue weighted by Gasteiger charge is 2.18. The van der Waals surface area contributed by atoms with Gasteiger partial charge in [0.25, 0.3) is 5.82 Å². The van der Waals surface area contributed by atoms with Crippen molar-refractivity contribution in [3.63, 3.8) is 0 Å². The van der Waals surface area contributed by atoms with Gasteiger partial charge in [-0.05, 0) is 12.8 Å². The molecule has 0 radical (unpaired) electrons. The lowest BCUT2D eigenvalue weighted by Gasteiger charge is -2.04. The Hall–Kier alpha value is -0.790. The van der Waals surface area contributed by atoms with Crippen LogP contribution in [0.1, 0.15) is 159 Å². The highest BCUT2D eigenvalue weighted by molar-refractivity contribution is 5.08. The number of aryl methyl sites for hydroxylation is 2. The average Bonchev–Trinajstić information content (AvgIpc) is 3.04. The minimum absolute atomic E-state index is 1.24. The van der Waals surface area contributed by atoms with Gasteiger partial charge in [0, 0.05) is 19.8 Å². The number of H-pyrrole nitrogens is 1. The molecule has 0 spiro atoms. The van der Waals surface area contributed by atoms with E-state index in [1.807, 2.05) is 0 Å². The van der Waals surface area contributed by atoms with Gasteiger partial charge in [-0.2, -0.15) is 0 Å². The maximum Gasteiger partial charge on any atom is 0.251 e. The van der Waals surface area contributed by atoms with Crippen LogP contribution in [0, 0.1) is 6.92 Å². The van der Waals surface area contributed by atoms with Gasteiger partial charge in [0.1, 0.15) is 11.4 Å². The van der Waals surface area contributed by atoms with Crippen LogP contribution in [0.25, 0.3) is 0 Å². The van der Waals surface area contributed by atoms with Gasteiger partial charge in [-0.15, -0.1) is 0 Å². The predicted octanol–water partition coefficient (Wildman–Crippen LogP) is 9.07. The van der Waals surface area contributed by atoms with Gasteiger partial charge in [-0.3, -0.25) is 0 Å². The van der Waals surface area contributed by atoms with E-state index in [4.69, 9.17) is 0 Å². The van der Waals surface area contributed by atoms with E-state index in [1.54, 1.807) is 5.69 Å². The van der Waals surface area contributed by atoms with Crippen LogP contribution in [0.5, 0.6) is 0 Å². The van der Waals surface area contributed by atoms with Crippen molar-refractivity contribution in [2.45, 2.75) is 162 Å². The van der Waals surface area contributed by atoms with Crippen LogP contribution < -0.4 is 4.57 Å². The first-order valence-corrected chi connectivity index (χ1v) is 14.3. The number of hydrogen-bond donors (Lipinski definition) is 1. The van der Waals surface area contributed by atoms with E-state index in [0.717, 1.165) is 0 Å². The fraction of sp³-hybridized carbons (Fsp3) is 0.897. The van der Waals surface area contributed by atoms with Crippen LogP contribution in [-0.2, 0) is 19.9 Å².